The van der Waals surface area contributed by atoms with Crippen LogP contribution in [0.1, 0.15) is 45.2 Å². The van der Waals surface area contributed by atoms with E-state index in [1.807, 2.05) is 45.0 Å². The number of benzene rings is 1. The largest absolute Gasteiger partial charge is 0.357 e. The lowest BCUT2D eigenvalue weighted by atomic mass is 10.1. The fourth-order valence-corrected chi connectivity index (χ4v) is 3.55. The number of nitrogens with one attached hydrogen (secondary N) is 3. The first-order valence-electron chi connectivity index (χ1n) is 8.46. The summed E-state index contributed by atoms with van der Waals surface area (Å²) >= 11 is 0. The molecule has 0 amide bonds. The molecule has 8 heteroatoms. The molecule has 0 heterocycles. The van der Waals surface area contributed by atoms with Gasteiger partial charge in [-0.3, -0.25) is 0 Å². The third-order valence-corrected chi connectivity index (χ3v) is 4.65. The standard InChI is InChI=1S/C17H30N4O2S.HI/c1-5-11-19-17(18-6-2)20-12-15-7-9-16(10-8-15)13-24(22,23)21-14(3)4;/h7-10,14,21H,5-6,11-13H2,1-4H3,(H2,18,19,20);1H. The predicted octanol–water partition coefficient (Wildman–Crippen LogP) is 2.60. The SMILES string of the molecule is CCCNC(=NCc1ccc(CS(=O)(=O)NC(C)C)cc1)NCC.I. The van der Waals surface area contributed by atoms with E-state index in [0.29, 0.717) is 6.54 Å². The van der Waals surface area contributed by atoms with Gasteiger partial charge in [-0.2, -0.15) is 0 Å². The second-order valence-electron chi connectivity index (χ2n) is 5.97. The number of halogens is 1. The average Bonchev–Trinajstić information content (AvgIpc) is 2.49. The Bertz CT molecular complexity index is 616. The zero-order valence-corrected chi connectivity index (χ0v) is 18.6. The van der Waals surface area contributed by atoms with Gasteiger partial charge in [-0.25, -0.2) is 18.1 Å². The van der Waals surface area contributed by atoms with Gasteiger partial charge in [0.25, 0.3) is 0 Å². The molecule has 6 nitrogen and oxygen atoms in total. The molecule has 0 saturated heterocycles. The van der Waals surface area contributed by atoms with Crippen LogP contribution in [0.3, 0.4) is 0 Å². The van der Waals surface area contributed by atoms with E-state index in [2.05, 4.69) is 27.3 Å². The third-order valence-electron chi connectivity index (χ3n) is 3.10. The Morgan fingerprint density at radius 2 is 1.68 bits per heavy atom. The van der Waals surface area contributed by atoms with E-state index in [9.17, 15) is 8.42 Å². The van der Waals surface area contributed by atoms with Crippen LogP contribution in [0.15, 0.2) is 29.3 Å². The highest BCUT2D eigenvalue weighted by atomic mass is 127. The Morgan fingerprint density at radius 1 is 1.08 bits per heavy atom. The molecule has 25 heavy (non-hydrogen) atoms. The molecule has 0 bridgehead atoms. The molecule has 0 aliphatic heterocycles. The maximum Gasteiger partial charge on any atom is 0.216 e. The molecule has 1 rings (SSSR count). The summed E-state index contributed by atoms with van der Waals surface area (Å²) in [7, 11) is -3.29. The van der Waals surface area contributed by atoms with Crippen LogP contribution in [-0.2, 0) is 22.3 Å². The van der Waals surface area contributed by atoms with E-state index < -0.39 is 10.0 Å². The van der Waals surface area contributed by atoms with Gasteiger partial charge in [-0.05, 0) is 38.3 Å². The summed E-state index contributed by atoms with van der Waals surface area (Å²) < 4.78 is 26.5. The van der Waals surface area contributed by atoms with Gasteiger partial charge in [0.2, 0.25) is 10.0 Å². The molecule has 0 unspecified atom stereocenters. The van der Waals surface area contributed by atoms with Crippen LogP contribution >= 0.6 is 24.0 Å². The first kappa shape index (κ1) is 24.1. The Hall–Kier alpha value is -0.870. The number of nitrogens with zero attached hydrogens (tertiary/aromatic N) is 1. The summed E-state index contributed by atoms with van der Waals surface area (Å²) in [5.74, 6) is 0.794. The van der Waals surface area contributed by atoms with Crippen molar-refractivity contribution in [2.45, 2.75) is 52.5 Å². The van der Waals surface area contributed by atoms with Gasteiger partial charge in [0.05, 0.1) is 12.3 Å². The molecule has 144 valence electrons. The number of guanidine groups is 1. The van der Waals surface area contributed by atoms with Gasteiger partial charge in [0.15, 0.2) is 5.96 Å². The molecule has 1 aromatic carbocycles. The van der Waals surface area contributed by atoms with Crippen LogP contribution in [0.2, 0.25) is 0 Å². The summed E-state index contributed by atoms with van der Waals surface area (Å²) in [5, 5.41) is 6.45. The van der Waals surface area contributed by atoms with Gasteiger partial charge in [-0.15, -0.1) is 24.0 Å². The lowest BCUT2D eigenvalue weighted by Gasteiger charge is -2.11. The molecule has 0 aliphatic carbocycles. The fraction of sp³-hybridized carbons (Fsp3) is 0.588. The van der Waals surface area contributed by atoms with Crippen LogP contribution in [0, 0.1) is 0 Å². The predicted molar refractivity (Wildman–Crippen MR) is 116 cm³/mol. The van der Waals surface area contributed by atoms with E-state index in [1.54, 1.807) is 0 Å². The Morgan fingerprint density at radius 3 is 2.20 bits per heavy atom. The highest BCUT2D eigenvalue weighted by Gasteiger charge is 2.12. The van der Waals surface area contributed by atoms with Gasteiger partial charge in [0.1, 0.15) is 0 Å². The summed E-state index contributed by atoms with van der Waals surface area (Å²) in [5.41, 5.74) is 1.81. The maximum absolute atomic E-state index is 11.9. The highest BCUT2D eigenvalue weighted by molar-refractivity contribution is 14.0. The van der Waals surface area contributed by atoms with Crippen molar-refractivity contribution in [1.82, 2.24) is 15.4 Å². The molecule has 0 radical (unpaired) electrons. The van der Waals surface area contributed by atoms with Crippen molar-refractivity contribution in [2.24, 2.45) is 4.99 Å². The van der Waals surface area contributed by atoms with E-state index in [4.69, 9.17) is 0 Å². The third kappa shape index (κ3) is 10.7. The topological polar surface area (TPSA) is 82.6 Å². The molecule has 0 aliphatic rings. The van der Waals surface area contributed by atoms with E-state index in [0.717, 1.165) is 36.6 Å². The van der Waals surface area contributed by atoms with E-state index in [-0.39, 0.29) is 35.8 Å². The monoisotopic (exact) mass is 482 g/mol. The van der Waals surface area contributed by atoms with Gasteiger partial charge < -0.3 is 10.6 Å². The van der Waals surface area contributed by atoms with Crippen molar-refractivity contribution in [3.63, 3.8) is 0 Å². The minimum absolute atomic E-state index is 0. The van der Waals surface area contributed by atoms with Gasteiger partial charge in [-0.1, -0.05) is 31.2 Å². The zero-order valence-electron chi connectivity index (χ0n) is 15.5. The van der Waals surface area contributed by atoms with Crippen molar-refractivity contribution in [3.8, 4) is 0 Å². The van der Waals surface area contributed by atoms with Crippen LogP contribution < -0.4 is 15.4 Å². The number of rotatable bonds is 9. The minimum atomic E-state index is -3.29. The second-order valence-corrected chi connectivity index (χ2v) is 7.72. The molecular weight excluding hydrogens is 451 g/mol. The average molecular weight is 482 g/mol. The fourth-order valence-electron chi connectivity index (χ4n) is 2.12. The van der Waals surface area contributed by atoms with Crippen LogP contribution in [0.4, 0.5) is 0 Å². The summed E-state index contributed by atoms with van der Waals surface area (Å²) in [6, 6.07) is 7.44. The summed E-state index contributed by atoms with van der Waals surface area (Å²) in [6.07, 6.45) is 1.04. The van der Waals surface area contributed by atoms with Crippen molar-refractivity contribution < 1.29 is 8.42 Å². The molecule has 0 aromatic heterocycles. The van der Waals surface area contributed by atoms with Gasteiger partial charge in [0, 0.05) is 19.1 Å². The number of hydrogen-bond acceptors (Lipinski definition) is 3. The Kier molecular flexibility index (Phi) is 12.0. The Labute approximate surface area is 169 Å². The van der Waals surface area contributed by atoms with Crippen molar-refractivity contribution >= 4 is 40.0 Å². The number of sulfonamides is 1. The molecule has 0 spiro atoms. The number of hydrogen-bond donors (Lipinski definition) is 3. The number of aliphatic imine (C=N–C) groups is 1. The van der Waals surface area contributed by atoms with E-state index >= 15 is 0 Å². The smallest absolute Gasteiger partial charge is 0.216 e. The lowest BCUT2D eigenvalue weighted by Crippen LogP contribution is -2.37. The molecule has 0 fully saturated rings. The molecule has 0 atom stereocenters. The maximum atomic E-state index is 11.9. The first-order chi connectivity index (χ1) is 11.4. The quantitative estimate of drug-likeness (QED) is 0.287. The summed E-state index contributed by atoms with van der Waals surface area (Å²) in [4.78, 5) is 4.53. The zero-order chi connectivity index (χ0) is 18.0. The van der Waals surface area contributed by atoms with Crippen LogP contribution in [-0.4, -0.2) is 33.5 Å². The van der Waals surface area contributed by atoms with E-state index in [1.165, 1.54) is 0 Å². The first-order valence-corrected chi connectivity index (χ1v) is 10.1. The van der Waals surface area contributed by atoms with Crippen molar-refractivity contribution in [2.75, 3.05) is 13.1 Å². The molecular formula is C17H31IN4O2S. The van der Waals surface area contributed by atoms with Crippen LogP contribution in [0.5, 0.6) is 0 Å². The van der Waals surface area contributed by atoms with Gasteiger partial charge >= 0.3 is 0 Å². The normalized spacial score (nSPS) is 12.0. The lowest BCUT2D eigenvalue weighted by molar-refractivity contribution is 0.569. The van der Waals surface area contributed by atoms with Crippen LogP contribution in [0.25, 0.3) is 0 Å². The highest BCUT2D eigenvalue weighted by Crippen LogP contribution is 2.09. The molecule has 1 aromatic rings. The van der Waals surface area contributed by atoms with Crippen molar-refractivity contribution in [1.29, 1.82) is 0 Å². The molecule has 0 saturated carbocycles. The van der Waals surface area contributed by atoms with Crippen molar-refractivity contribution in [3.05, 3.63) is 35.4 Å². The second kappa shape index (κ2) is 12.5. The summed E-state index contributed by atoms with van der Waals surface area (Å²) in [6.45, 7) is 10.0. The molecule has 3 N–H and O–H groups in total. The Balaban J connectivity index is 0.00000576. The minimum Gasteiger partial charge on any atom is -0.357 e.